The number of carbonyl (C=O) groups is 1. The highest BCUT2D eigenvalue weighted by Crippen LogP contribution is 2.26. The molecule has 0 aliphatic carbocycles. The summed E-state index contributed by atoms with van der Waals surface area (Å²) in [6.07, 6.45) is -0.0221. The summed E-state index contributed by atoms with van der Waals surface area (Å²) < 4.78 is 0.856. The third-order valence-electron chi connectivity index (χ3n) is 2.61. The quantitative estimate of drug-likeness (QED) is 0.778. The van der Waals surface area contributed by atoms with Crippen molar-refractivity contribution in [3.05, 3.63) is 27.7 Å². The van der Waals surface area contributed by atoms with E-state index in [-0.39, 0.29) is 11.9 Å². The number of aliphatic hydroxyl groups is 1. The zero-order valence-corrected chi connectivity index (χ0v) is 11.3. The van der Waals surface area contributed by atoms with Gasteiger partial charge in [-0.15, -0.1) is 0 Å². The number of rotatable bonds is 2. The molecule has 2 rings (SSSR count). The van der Waals surface area contributed by atoms with E-state index in [2.05, 4.69) is 26.6 Å². The van der Waals surface area contributed by atoms with Gasteiger partial charge in [-0.25, -0.2) is 0 Å². The Hall–Kier alpha value is -0.620. The molecule has 1 saturated heterocycles. The summed E-state index contributed by atoms with van der Waals surface area (Å²) in [7, 11) is 0. The zero-order valence-electron chi connectivity index (χ0n) is 8.91. The Balaban J connectivity index is 2.03. The fourth-order valence-electron chi connectivity index (χ4n) is 1.73. The molecule has 0 spiro atoms. The normalized spacial score (nSPS) is 23.7. The number of nitrogens with one attached hydrogen (secondary N) is 2. The van der Waals surface area contributed by atoms with Crippen molar-refractivity contribution in [2.45, 2.75) is 18.6 Å². The monoisotopic (exact) mass is 318 g/mol. The Morgan fingerprint density at radius 2 is 2.35 bits per heavy atom. The van der Waals surface area contributed by atoms with Crippen molar-refractivity contribution in [3.8, 4) is 0 Å². The number of aliphatic hydroxyl groups excluding tert-OH is 1. The predicted molar refractivity (Wildman–Crippen MR) is 70.2 cm³/mol. The maximum Gasteiger partial charge on any atom is 0.241 e. The van der Waals surface area contributed by atoms with E-state index in [1.807, 2.05) is 0 Å². The number of benzene rings is 1. The number of β-amino-alcohol motifs (C(OH)–C–C–N with tert-alkyl or cyclic N) is 1. The van der Waals surface area contributed by atoms with Gasteiger partial charge < -0.3 is 15.7 Å². The van der Waals surface area contributed by atoms with Crippen molar-refractivity contribution < 1.29 is 9.90 Å². The highest BCUT2D eigenvalue weighted by molar-refractivity contribution is 9.10. The molecule has 4 nitrogen and oxygen atoms in total. The Morgan fingerprint density at radius 3 is 2.94 bits per heavy atom. The molecule has 0 bridgehead atoms. The Bertz CT molecular complexity index is 441. The molecular weight excluding hydrogens is 307 g/mol. The summed E-state index contributed by atoms with van der Waals surface area (Å²) in [4.78, 5) is 11.8. The molecule has 92 valence electrons. The lowest BCUT2D eigenvalue weighted by Gasteiger charge is -2.12. The van der Waals surface area contributed by atoms with E-state index in [4.69, 9.17) is 11.6 Å². The predicted octanol–water partition coefficient (Wildman–Crippen LogP) is 1.76. The molecule has 1 aromatic carbocycles. The first kappa shape index (κ1) is 12.8. The second-order valence-electron chi connectivity index (χ2n) is 3.96. The lowest BCUT2D eigenvalue weighted by Crippen LogP contribution is -2.35. The van der Waals surface area contributed by atoms with Gasteiger partial charge in [-0.05, 0) is 24.6 Å². The van der Waals surface area contributed by atoms with E-state index in [9.17, 15) is 9.90 Å². The van der Waals surface area contributed by atoms with Gasteiger partial charge in [0.1, 0.15) is 0 Å². The fourth-order valence-corrected chi connectivity index (χ4v) is 2.45. The van der Waals surface area contributed by atoms with Gasteiger partial charge in [-0.3, -0.25) is 4.79 Å². The van der Waals surface area contributed by atoms with E-state index >= 15 is 0 Å². The second kappa shape index (κ2) is 5.35. The molecule has 1 aliphatic heterocycles. The van der Waals surface area contributed by atoms with Gasteiger partial charge >= 0.3 is 0 Å². The van der Waals surface area contributed by atoms with Crippen molar-refractivity contribution in [3.63, 3.8) is 0 Å². The minimum Gasteiger partial charge on any atom is -0.392 e. The molecular formula is C11H12BrClN2O2. The van der Waals surface area contributed by atoms with Crippen LogP contribution in [0.1, 0.15) is 6.42 Å². The van der Waals surface area contributed by atoms with Crippen LogP contribution in [0.25, 0.3) is 0 Å². The van der Waals surface area contributed by atoms with Gasteiger partial charge in [0.05, 0.1) is 22.9 Å². The number of carbonyl (C=O) groups excluding carboxylic acids is 1. The van der Waals surface area contributed by atoms with Gasteiger partial charge in [0.25, 0.3) is 0 Å². The number of halogens is 2. The molecule has 2 atom stereocenters. The van der Waals surface area contributed by atoms with Crippen LogP contribution in [0.3, 0.4) is 0 Å². The van der Waals surface area contributed by atoms with Crippen LogP contribution in [-0.2, 0) is 4.79 Å². The maximum atomic E-state index is 11.8. The fraction of sp³-hybridized carbons (Fsp3) is 0.364. The standard InChI is InChI=1S/C11H12BrClN2O2/c12-6-1-2-9(8(13)3-6)15-11(17)10-4-7(16)5-14-10/h1-3,7,10,14,16H,4-5H2,(H,15,17). The summed E-state index contributed by atoms with van der Waals surface area (Å²) in [5, 5.41) is 15.5. The first-order chi connectivity index (χ1) is 8.06. The molecule has 0 aromatic heterocycles. The summed E-state index contributed by atoms with van der Waals surface area (Å²) in [6.45, 7) is 0.451. The van der Waals surface area contributed by atoms with E-state index in [0.717, 1.165) is 4.47 Å². The van der Waals surface area contributed by atoms with Gasteiger partial charge in [-0.1, -0.05) is 27.5 Å². The van der Waals surface area contributed by atoms with E-state index in [1.165, 1.54) is 0 Å². The van der Waals surface area contributed by atoms with E-state index < -0.39 is 6.10 Å². The molecule has 0 saturated carbocycles. The molecule has 0 radical (unpaired) electrons. The van der Waals surface area contributed by atoms with Gasteiger partial charge in [0.15, 0.2) is 0 Å². The third kappa shape index (κ3) is 3.19. The molecule has 1 fully saturated rings. The first-order valence-electron chi connectivity index (χ1n) is 5.23. The molecule has 2 unspecified atom stereocenters. The van der Waals surface area contributed by atoms with Crippen molar-refractivity contribution in [1.29, 1.82) is 0 Å². The van der Waals surface area contributed by atoms with Crippen LogP contribution >= 0.6 is 27.5 Å². The summed E-state index contributed by atoms with van der Waals surface area (Å²) in [6, 6.07) is 4.90. The third-order valence-corrected chi connectivity index (χ3v) is 3.42. The molecule has 17 heavy (non-hydrogen) atoms. The summed E-state index contributed by atoms with van der Waals surface area (Å²) in [5.41, 5.74) is 0.572. The number of hydrogen-bond acceptors (Lipinski definition) is 3. The molecule has 1 amide bonds. The van der Waals surface area contributed by atoms with Crippen LogP contribution in [0.5, 0.6) is 0 Å². The smallest absolute Gasteiger partial charge is 0.241 e. The minimum absolute atomic E-state index is 0.175. The minimum atomic E-state index is -0.453. The molecule has 1 aromatic rings. The topological polar surface area (TPSA) is 61.4 Å². The highest BCUT2D eigenvalue weighted by atomic mass is 79.9. The van der Waals surface area contributed by atoms with E-state index in [1.54, 1.807) is 18.2 Å². The van der Waals surface area contributed by atoms with Crippen LogP contribution in [0.2, 0.25) is 5.02 Å². The van der Waals surface area contributed by atoms with Crippen LogP contribution in [0.4, 0.5) is 5.69 Å². The van der Waals surface area contributed by atoms with Gasteiger partial charge in [0.2, 0.25) is 5.91 Å². The second-order valence-corrected chi connectivity index (χ2v) is 5.29. The van der Waals surface area contributed by atoms with E-state index in [0.29, 0.717) is 23.7 Å². The largest absolute Gasteiger partial charge is 0.392 e. The Kier molecular flexibility index (Phi) is 4.04. The number of hydrogen-bond donors (Lipinski definition) is 3. The molecule has 3 N–H and O–H groups in total. The highest BCUT2D eigenvalue weighted by Gasteiger charge is 2.28. The summed E-state index contributed by atoms with van der Waals surface area (Å²) in [5.74, 6) is -0.175. The van der Waals surface area contributed by atoms with Crippen LogP contribution in [0, 0.1) is 0 Å². The van der Waals surface area contributed by atoms with Gasteiger partial charge in [0, 0.05) is 11.0 Å². The average Bonchev–Trinajstić information content (AvgIpc) is 2.69. The summed E-state index contributed by atoms with van der Waals surface area (Å²) >= 11 is 9.29. The Morgan fingerprint density at radius 1 is 1.59 bits per heavy atom. The first-order valence-corrected chi connectivity index (χ1v) is 6.40. The Labute approximate surface area is 112 Å². The lowest BCUT2D eigenvalue weighted by atomic mass is 10.2. The van der Waals surface area contributed by atoms with Gasteiger partial charge in [-0.2, -0.15) is 0 Å². The SMILES string of the molecule is O=C(Nc1ccc(Br)cc1Cl)C1CC(O)CN1. The maximum absolute atomic E-state index is 11.8. The van der Waals surface area contributed by atoms with Crippen LogP contribution < -0.4 is 10.6 Å². The molecule has 1 heterocycles. The van der Waals surface area contributed by atoms with Crippen molar-refractivity contribution in [2.75, 3.05) is 11.9 Å². The number of amides is 1. The lowest BCUT2D eigenvalue weighted by molar-refractivity contribution is -0.117. The zero-order chi connectivity index (χ0) is 12.4. The number of anilines is 1. The molecule has 1 aliphatic rings. The average molecular weight is 320 g/mol. The van der Waals surface area contributed by atoms with Crippen molar-refractivity contribution in [2.24, 2.45) is 0 Å². The molecule has 6 heteroatoms. The van der Waals surface area contributed by atoms with Crippen molar-refractivity contribution in [1.82, 2.24) is 5.32 Å². The van der Waals surface area contributed by atoms with Crippen LogP contribution in [0.15, 0.2) is 22.7 Å². The van der Waals surface area contributed by atoms with Crippen LogP contribution in [-0.4, -0.2) is 29.7 Å². The van der Waals surface area contributed by atoms with Crippen molar-refractivity contribution >= 4 is 39.1 Å².